The van der Waals surface area contributed by atoms with Crippen molar-refractivity contribution < 1.29 is 0 Å². The molecular weight excluding hydrogens is 258 g/mol. The molecule has 0 bridgehead atoms. The van der Waals surface area contributed by atoms with Crippen LogP contribution in [0.2, 0.25) is 0 Å². The Hall–Kier alpha value is -1.45. The molecular formula is C18H25N3. The summed E-state index contributed by atoms with van der Waals surface area (Å²) in [6.45, 7) is 10.1. The van der Waals surface area contributed by atoms with Crippen LogP contribution >= 0.6 is 0 Å². The minimum absolute atomic E-state index is 0.246. The van der Waals surface area contributed by atoms with Crippen molar-refractivity contribution in [2.75, 3.05) is 13.1 Å². The summed E-state index contributed by atoms with van der Waals surface area (Å²) in [6, 6.07) is 11.4. The van der Waals surface area contributed by atoms with E-state index < -0.39 is 0 Å². The first-order valence-corrected chi connectivity index (χ1v) is 7.93. The highest BCUT2D eigenvalue weighted by atomic mass is 15.3. The average molecular weight is 283 g/mol. The zero-order chi connectivity index (χ0) is 14.9. The van der Waals surface area contributed by atoms with Gasteiger partial charge in [0.2, 0.25) is 0 Å². The molecule has 1 saturated heterocycles. The molecule has 3 rings (SSSR count). The van der Waals surface area contributed by atoms with Crippen molar-refractivity contribution in [1.82, 2.24) is 15.2 Å². The standard InChI is InChI=1S/C18H25N3/c1-4-18(3)13-20-14(2)11-21(18)12-15-7-8-17-16(10-15)6-5-9-19-17/h5-10,14,20H,4,11-13H2,1-3H3. The van der Waals surface area contributed by atoms with Crippen LogP contribution in [-0.2, 0) is 6.54 Å². The first-order chi connectivity index (χ1) is 10.1. The van der Waals surface area contributed by atoms with Crippen LogP contribution in [0.15, 0.2) is 36.5 Å². The van der Waals surface area contributed by atoms with E-state index in [0.717, 1.165) is 25.2 Å². The van der Waals surface area contributed by atoms with Crippen molar-refractivity contribution >= 4 is 10.9 Å². The number of hydrogen-bond donors (Lipinski definition) is 1. The van der Waals surface area contributed by atoms with Gasteiger partial charge in [-0.3, -0.25) is 9.88 Å². The molecule has 1 aromatic carbocycles. The van der Waals surface area contributed by atoms with Crippen LogP contribution in [0, 0.1) is 0 Å². The minimum atomic E-state index is 0.246. The molecule has 0 aliphatic carbocycles. The van der Waals surface area contributed by atoms with Gasteiger partial charge in [-0.1, -0.05) is 19.1 Å². The molecule has 1 aromatic heterocycles. The number of benzene rings is 1. The van der Waals surface area contributed by atoms with Gasteiger partial charge in [0.15, 0.2) is 0 Å². The van der Waals surface area contributed by atoms with E-state index >= 15 is 0 Å². The van der Waals surface area contributed by atoms with Gasteiger partial charge in [-0.2, -0.15) is 0 Å². The third-order valence-electron chi connectivity index (χ3n) is 4.89. The maximum Gasteiger partial charge on any atom is 0.0702 e. The van der Waals surface area contributed by atoms with Crippen molar-refractivity contribution in [2.45, 2.75) is 45.3 Å². The van der Waals surface area contributed by atoms with Crippen LogP contribution in [-0.4, -0.2) is 34.6 Å². The van der Waals surface area contributed by atoms with Crippen molar-refractivity contribution in [3.05, 3.63) is 42.1 Å². The highest BCUT2D eigenvalue weighted by Crippen LogP contribution is 2.25. The molecule has 21 heavy (non-hydrogen) atoms. The number of nitrogens with zero attached hydrogens (tertiary/aromatic N) is 2. The van der Waals surface area contributed by atoms with E-state index in [4.69, 9.17) is 0 Å². The summed E-state index contributed by atoms with van der Waals surface area (Å²) >= 11 is 0. The van der Waals surface area contributed by atoms with Crippen molar-refractivity contribution in [3.8, 4) is 0 Å². The van der Waals surface area contributed by atoms with Gasteiger partial charge in [-0.25, -0.2) is 0 Å². The lowest BCUT2D eigenvalue weighted by atomic mass is 9.91. The van der Waals surface area contributed by atoms with Gasteiger partial charge in [0.25, 0.3) is 0 Å². The van der Waals surface area contributed by atoms with E-state index in [9.17, 15) is 0 Å². The fourth-order valence-corrected chi connectivity index (χ4v) is 3.17. The van der Waals surface area contributed by atoms with Crippen LogP contribution in [0.5, 0.6) is 0 Å². The third-order valence-corrected chi connectivity index (χ3v) is 4.89. The molecule has 2 heterocycles. The molecule has 112 valence electrons. The molecule has 1 aliphatic rings. The third kappa shape index (κ3) is 2.94. The van der Waals surface area contributed by atoms with Gasteiger partial charge >= 0.3 is 0 Å². The predicted octanol–water partition coefficient (Wildman–Crippen LogP) is 3.20. The van der Waals surface area contributed by atoms with Gasteiger partial charge in [-0.05, 0) is 44.0 Å². The molecule has 2 aromatic rings. The van der Waals surface area contributed by atoms with Crippen LogP contribution in [0.3, 0.4) is 0 Å². The van der Waals surface area contributed by atoms with Crippen molar-refractivity contribution in [3.63, 3.8) is 0 Å². The number of rotatable bonds is 3. The summed E-state index contributed by atoms with van der Waals surface area (Å²) < 4.78 is 0. The second-order valence-electron chi connectivity index (χ2n) is 6.54. The Morgan fingerprint density at radius 3 is 3.05 bits per heavy atom. The highest BCUT2D eigenvalue weighted by Gasteiger charge is 2.34. The number of nitrogens with one attached hydrogen (secondary N) is 1. The summed E-state index contributed by atoms with van der Waals surface area (Å²) in [5.41, 5.74) is 2.70. The lowest BCUT2D eigenvalue weighted by molar-refractivity contribution is 0.0453. The monoisotopic (exact) mass is 283 g/mol. The summed E-state index contributed by atoms with van der Waals surface area (Å²) in [6.07, 6.45) is 3.02. The maximum absolute atomic E-state index is 4.40. The van der Waals surface area contributed by atoms with Crippen molar-refractivity contribution in [2.24, 2.45) is 0 Å². The molecule has 3 nitrogen and oxygen atoms in total. The number of hydrogen-bond acceptors (Lipinski definition) is 3. The van der Waals surface area contributed by atoms with E-state index in [1.165, 1.54) is 17.4 Å². The molecule has 2 unspecified atom stereocenters. The molecule has 1 fully saturated rings. The summed E-state index contributed by atoms with van der Waals surface area (Å²) in [5.74, 6) is 0. The zero-order valence-corrected chi connectivity index (χ0v) is 13.3. The number of piperazine rings is 1. The van der Waals surface area contributed by atoms with Gasteiger partial charge < -0.3 is 5.32 Å². The molecule has 3 heteroatoms. The molecule has 2 atom stereocenters. The molecule has 0 saturated carbocycles. The number of aromatic nitrogens is 1. The van der Waals surface area contributed by atoms with Crippen LogP contribution in [0.1, 0.15) is 32.8 Å². The van der Waals surface area contributed by atoms with E-state index in [2.05, 4.69) is 60.2 Å². The fraction of sp³-hybridized carbons (Fsp3) is 0.500. The normalized spacial score (nSPS) is 27.1. The topological polar surface area (TPSA) is 28.2 Å². The summed E-state index contributed by atoms with van der Waals surface area (Å²) in [7, 11) is 0. The first kappa shape index (κ1) is 14.5. The van der Waals surface area contributed by atoms with Gasteiger partial charge in [0.1, 0.15) is 0 Å². The van der Waals surface area contributed by atoms with Gasteiger partial charge in [0.05, 0.1) is 5.52 Å². The smallest absolute Gasteiger partial charge is 0.0702 e. The molecule has 0 radical (unpaired) electrons. The Morgan fingerprint density at radius 1 is 1.38 bits per heavy atom. The summed E-state index contributed by atoms with van der Waals surface area (Å²) in [5, 5.41) is 4.85. The first-order valence-electron chi connectivity index (χ1n) is 7.93. The predicted molar refractivity (Wildman–Crippen MR) is 88.3 cm³/mol. The highest BCUT2D eigenvalue weighted by molar-refractivity contribution is 5.78. The molecule has 0 spiro atoms. The zero-order valence-electron chi connectivity index (χ0n) is 13.3. The van der Waals surface area contributed by atoms with Gasteiger partial charge in [-0.15, -0.1) is 0 Å². The lowest BCUT2D eigenvalue weighted by Gasteiger charge is -2.47. The molecule has 0 amide bonds. The van der Waals surface area contributed by atoms with Crippen LogP contribution < -0.4 is 5.32 Å². The fourth-order valence-electron chi connectivity index (χ4n) is 3.17. The van der Waals surface area contributed by atoms with Crippen molar-refractivity contribution in [1.29, 1.82) is 0 Å². The molecule has 1 aliphatic heterocycles. The second kappa shape index (κ2) is 5.74. The van der Waals surface area contributed by atoms with E-state index in [0.29, 0.717) is 6.04 Å². The Balaban J connectivity index is 1.85. The Labute approximate surface area is 127 Å². The molecule has 1 N–H and O–H groups in total. The SMILES string of the molecule is CCC1(C)CNC(C)CN1Cc1ccc2ncccc2c1. The number of pyridine rings is 1. The number of fused-ring (bicyclic) bond motifs is 1. The lowest BCUT2D eigenvalue weighted by Crippen LogP contribution is -2.61. The van der Waals surface area contributed by atoms with Crippen LogP contribution in [0.4, 0.5) is 0 Å². The Kier molecular flexibility index (Phi) is 3.96. The van der Waals surface area contributed by atoms with E-state index in [1.807, 2.05) is 12.3 Å². The summed E-state index contributed by atoms with van der Waals surface area (Å²) in [4.78, 5) is 7.03. The largest absolute Gasteiger partial charge is 0.311 e. The quantitative estimate of drug-likeness (QED) is 0.937. The maximum atomic E-state index is 4.40. The Bertz CT molecular complexity index is 625. The average Bonchev–Trinajstić information content (AvgIpc) is 2.51. The minimum Gasteiger partial charge on any atom is -0.311 e. The Morgan fingerprint density at radius 2 is 2.24 bits per heavy atom. The van der Waals surface area contributed by atoms with Crippen LogP contribution in [0.25, 0.3) is 10.9 Å². The van der Waals surface area contributed by atoms with Gasteiger partial charge in [0, 0.05) is 42.8 Å². The second-order valence-corrected chi connectivity index (χ2v) is 6.54. The van der Waals surface area contributed by atoms with E-state index in [1.54, 1.807) is 0 Å². The van der Waals surface area contributed by atoms with E-state index in [-0.39, 0.29) is 5.54 Å².